The molecule has 0 atom stereocenters. The molecule has 2 heterocycles. The Morgan fingerprint density at radius 1 is 1.09 bits per heavy atom. The van der Waals surface area contributed by atoms with Crippen molar-refractivity contribution in [3.05, 3.63) is 41.5 Å². The summed E-state index contributed by atoms with van der Waals surface area (Å²) in [6.45, 7) is 11.1. The Bertz CT molecular complexity index is 1030. The van der Waals surface area contributed by atoms with Crippen LogP contribution in [-0.4, -0.2) is 55.1 Å². The molecule has 1 fully saturated rings. The molecule has 0 unspecified atom stereocenters. The van der Waals surface area contributed by atoms with Crippen molar-refractivity contribution < 1.29 is 22.5 Å². The fraction of sp³-hybridized carbons (Fsp3) is 0.591. The van der Waals surface area contributed by atoms with E-state index in [1.54, 1.807) is 24.3 Å². The summed E-state index contributed by atoms with van der Waals surface area (Å²) in [6, 6.07) is 6.69. The molecule has 0 radical (unpaired) electrons. The number of nitrogens with zero attached hydrogens (tertiary/aromatic N) is 3. The molecular formula is C22H32N4O5S. The maximum absolute atomic E-state index is 12.7. The Morgan fingerprint density at radius 3 is 2.28 bits per heavy atom. The zero-order valence-electron chi connectivity index (χ0n) is 19.3. The van der Waals surface area contributed by atoms with Crippen LogP contribution < -0.4 is 5.32 Å². The molecule has 0 bridgehead atoms. The molecule has 9 nitrogen and oxygen atoms in total. The first kappa shape index (κ1) is 24.3. The van der Waals surface area contributed by atoms with Crippen LogP contribution in [0.2, 0.25) is 0 Å². The molecule has 2 aromatic rings. The van der Waals surface area contributed by atoms with Crippen molar-refractivity contribution in [3.8, 4) is 0 Å². The highest BCUT2D eigenvalue weighted by Crippen LogP contribution is 2.24. The van der Waals surface area contributed by atoms with Gasteiger partial charge in [0.15, 0.2) is 5.82 Å². The van der Waals surface area contributed by atoms with E-state index in [0.717, 1.165) is 5.56 Å². The van der Waals surface area contributed by atoms with Gasteiger partial charge in [-0.05, 0) is 38.0 Å². The lowest BCUT2D eigenvalue weighted by Gasteiger charge is -2.26. The average molecular weight is 465 g/mol. The van der Waals surface area contributed by atoms with Gasteiger partial charge < -0.3 is 14.6 Å². The maximum atomic E-state index is 12.7. The number of carbonyl (C=O) groups is 1. The van der Waals surface area contributed by atoms with Gasteiger partial charge in [0.05, 0.1) is 23.6 Å². The van der Waals surface area contributed by atoms with Gasteiger partial charge in [-0.1, -0.05) is 38.1 Å². The highest BCUT2D eigenvalue weighted by Gasteiger charge is 2.31. The van der Waals surface area contributed by atoms with Crippen LogP contribution in [0.4, 0.5) is 0 Å². The zero-order valence-corrected chi connectivity index (χ0v) is 20.2. The van der Waals surface area contributed by atoms with Gasteiger partial charge in [0.2, 0.25) is 21.8 Å². The van der Waals surface area contributed by atoms with Gasteiger partial charge >= 0.3 is 0 Å². The van der Waals surface area contributed by atoms with Crippen LogP contribution in [0.25, 0.3) is 0 Å². The predicted octanol–water partition coefficient (Wildman–Crippen LogP) is 2.37. The van der Waals surface area contributed by atoms with Gasteiger partial charge in [-0.3, -0.25) is 4.79 Å². The second kappa shape index (κ2) is 9.29. The third-order valence-corrected chi connectivity index (χ3v) is 7.16. The van der Waals surface area contributed by atoms with Crippen LogP contribution >= 0.6 is 0 Å². The Balaban J connectivity index is 1.57. The summed E-state index contributed by atoms with van der Waals surface area (Å²) in [7, 11) is -3.52. The summed E-state index contributed by atoms with van der Waals surface area (Å²) in [6.07, 6.45) is 0.738. The highest BCUT2D eigenvalue weighted by atomic mass is 32.2. The standard InChI is InChI=1S/C22H32N4O5S/c1-21(2,3)20-23-19(25-31-20)22(4,5)24-18(27)11-8-16-6-9-17(10-7-16)32(28,29)26-12-14-30-15-13-26/h6-7,9-10H,8,11-15H2,1-5H3,(H,24,27). The summed E-state index contributed by atoms with van der Waals surface area (Å²) >= 11 is 0. The first-order valence-electron chi connectivity index (χ1n) is 10.7. The Morgan fingerprint density at radius 2 is 1.72 bits per heavy atom. The summed E-state index contributed by atoms with van der Waals surface area (Å²) in [5.74, 6) is 0.789. The Hall–Kier alpha value is -2.30. The van der Waals surface area contributed by atoms with Crippen LogP contribution in [0.15, 0.2) is 33.7 Å². The van der Waals surface area contributed by atoms with Gasteiger partial charge in [-0.15, -0.1) is 0 Å². The fourth-order valence-electron chi connectivity index (χ4n) is 3.27. The molecule has 1 N–H and O–H groups in total. The van der Waals surface area contributed by atoms with Crippen LogP contribution in [-0.2, 0) is 36.9 Å². The molecule has 1 saturated heterocycles. The summed E-state index contributed by atoms with van der Waals surface area (Å²) < 4.78 is 37.4. The second-order valence-corrected chi connectivity index (χ2v) is 11.4. The number of amides is 1. The van der Waals surface area contributed by atoms with E-state index in [-0.39, 0.29) is 22.6 Å². The van der Waals surface area contributed by atoms with Gasteiger partial charge in [0.25, 0.3) is 0 Å². The molecule has 1 aromatic heterocycles. The van der Waals surface area contributed by atoms with Gasteiger partial charge in [0, 0.05) is 24.9 Å². The van der Waals surface area contributed by atoms with Gasteiger partial charge in [0.1, 0.15) is 0 Å². The van der Waals surface area contributed by atoms with E-state index < -0.39 is 15.6 Å². The number of sulfonamides is 1. The normalized spacial score (nSPS) is 16.2. The molecule has 1 aliphatic heterocycles. The number of aromatic nitrogens is 2. The lowest BCUT2D eigenvalue weighted by atomic mass is 9.97. The quantitative estimate of drug-likeness (QED) is 0.669. The smallest absolute Gasteiger partial charge is 0.243 e. The van der Waals surface area contributed by atoms with E-state index in [0.29, 0.717) is 44.4 Å². The SMILES string of the molecule is CC(C)(C)c1nc(C(C)(C)NC(=O)CCc2ccc(S(=O)(=O)N3CCOCC3)cc2)no1. The lowest BCUT2D eigenvalue weighted by Crippen LogP contribution is -2.42. The minimum Gasteiger partial charge on any atom is -0.379 e. The molecule has 3 rings (SSSR count). The van der Waals surface area contributed by atoms with Crippen LogP contribution in [0, 0.1) is 0 Å². The molecule has 32 heavy (non-hydrogen) atoms. The van der Waals surface area contributed by atoms with Crippen molar-refractivity contribution in [2.24, 2.45) is 0 Å². The summed E-state index contributed by atoms with van der Waals surface area (Å²) in [5, 5.41) is 6.98. The van der Waals surface area contributed by atoms with Crippen LogP contribution in [0.5, 0.6) is 0 Å². The van der Waals surface area contributed by atoms with Crippen molar-refractivity contribution in [1.82, 2.24) is 19.8 Å². The van der Waals surface area contributed by atoms with Gasteiger partial charge in [-0.25, -0.2) is 8.42 Å². The van der Waals surface area contributed by atoms with Crippen molar-refractivity contribution >= 4 is 15.9 Å². The first-order valence-corrected chi connectivity index (χ1v) is 12.2. The molecule has 1 aromatic carbocycles. The predicted molar refractivity (Wildman–Crippen MR) is 119 cm³/mol. The fourth-order valence-corrected chi connectivity index (χ4v) is 4.68. The molecule has 0 spiro atoms. The minimum absolute atomic E-state index is 0.151. The average Bonchev–Trinajstić information content (AvgIpc) is 3.25. The topological polar surface area (TPSA) is 115 Å². The second-order valence-electron chi connectivity index (χ2n) is 9.51. The molecular weight excluding hydrogens is 432 g/mol. The number of nitrogens with one attached hydrogen (secondary N) is 1. The minimum atomic E-state index is -3.52. The number of rotatable bonds is 7. The van der Waals surface area contributed by atoms with E-state index in [9.17, 15) is 13.2 Å². The number of benzene rings is 1. The van der Waals surface area contributed by atoms with Gasteiger partial charge in [-0.2, -0.15) is 9.29 Å². The summed E-state index contributed by atoms with van der Waals surface area (Å²) in [4.78, 5) is 17.2. The number of morpholine rings is 1. The van der Waals surface area contributed by atoms with E-state index in [2.05, 4.69) is 15.5 Å². The number of aryl methyl sites for hydroxylation is 1. The number of carbonyl (C=O) groups excluding carboxylic acids is 1. The zero-order chi connectivity index (χ0) is 23.6. The Labute approximate surface area is 189 Å². The molecule has 0 saturated carbocycles. The maximum Gasteiger partial charge on any atom is 0.243 e. The van der Waals surface area contributed by atoms with E-state index in [4.69, 9.17) is 9.26 Å². The Kier molecular flexibility index (Phi) is 7.06. The van der Waals surface area contributed by atoms with Crippen molar-refractivity contribution in [3.63, 3.8) is 0 Å². The van der Waals surface area contributed by atoms with Crippen LogP contribution in [0.1, 0.15) is 58.3 Å². The number of ether oxygens (including phenoxy) is 1. The van der Waals surface area contributed by atoms with Crippen LogP contribution in [0.3, 0.4) is 0 Å². The van der Waals surface area contributed by atoms with Crippen molar-refractivity contribution in [2.45, 2.75) is 63.3 Å². The van der Waals surface area contributed by atoms with E-state index in [1.807, 2.05) is 34.6 Å². The highest BCUT2D eigenvalue weighted by molar-refractivity contribution is 7.89. The third kappa shape index (κ3) is 5.73. The van der Waals surface area contributed by atoms with Crippen molar-refractivity contribution in [2.75, 3.05) is 26.3 Å². The number of hydrogen-bond donors (Lipinski definition) is 1. The van der Waals surface area contributed by atoms with E-state index >= 15 is 0 Å². The molecule has 1 amide bonds. The molecule has 10 heteroatoms. The monoisotopic (exact) mass is 464 g/mol. The number of hydrogen-bond acceptors (Lipinski definition) is 7. The summed E-state index contributed by atoms with van der Waals surface area (Å²) in [5.41, 5.74) is -0.166. The first-order chi connectivity index (χ1) is 14.9. The van der Waals surface area contributed by atoms with Crippen molar-refractivity contribution in [1.29, 1.82) is 0 Å². The largest absolute Gasteiger partial charge is 0.379 e. The molecule has 1 aliphatic rings. The third-order valence-electron chi connectivity index (χ3n) is 5.25. The molecule has 176 valence electrons. The van der Waals surface area contributed by atoms with E-state index in [1.165, 1.54) is 4.31 Å². The lowest BCUT2D eigenvalue weighted by molar-refractivity contribution is -0.122. The molecule has 0 aliphatic carbocycles.